The van der Waals surface area contributed by atoms with Crippen LogP contribution in [0.4, 0.5) is 0 Å². The van der Waals surface area contributed by atoms with E-state index in [1.807, 2.05) is 0 Å². The van der Waals surface area contributed by atoms with Crippen molar-refractivity contribution < 1.29 is 0 Å². The minimum Gasteiger partial charge on any atom is -0.312 e. The minimum atomic E-state index is 0.203. The average Bonchev–Trinajstić information content (AvgIpc) is 2.73. The van der Waals surface area contributed by atoms with E-state index < -0.39 is 0 Å². The Kier molecular flexibility index (Phi) is 5.81. The first kappa shape index (κ1) is 17.2. The van der Waals surface area contributed by atoms with Crippen LogP contribution in [0.25, 0.3) is 0 Å². The first-order valence-corrected chi connectivity index (χ1v) is 7.92. The van der Waals surface area contributed by atoms with E-state index in [-0.39, 0.29) is 11.0 Å². The van der Waals surface area contributed by atoms with Crippen LogP contribution in [-0.2, 0) is 6.42 Å². The van der Waals surface area contributed by atoms with Crippen molar-refractivity contribution >= 4 is 0 Å². The summed E-state index contributed by atoms with van der Waals surface area (Å²) >= 11 is 0. The van der Waals surface area contributed by atoms with Gasteiger partial charge in [0.05, 0.1) is 5.69 Å². The van der Waals surface area contributed by atoms with Crippen molar-refractivity contribution in [3.63, 3.8) is 0 Å². The average molecular weight is 279 g/mol. The maximum Gasteiger partial charge on any atom is 0.0630 e. The quantitative estimate of drug-likeness (QED) is 0.810. The summed E-state index contributed by atoms with van der Waals surface area (Å²) in [6, 6.07) is 2.67. The monoisotopic (exact) mass is 279 g/mol. The van der Waals surface area contributed by atoms with Crippen LogP contribution in [0.1, 0.15) is 73.0 Å². The van der Waals surface area contributed by atoms with Crippen LogP contribution < -0.4 is 5.32 Å². The minimum absolute atomic E-state index is 0.203. The van der Waals surface area contributed by atoms with Gasteiger partial charge in [-0.05, 0) is 65.0 Å². The standard InChI is InChI=1S/C17H33N3/c1-8-14(2)20-12-9-15(19-20)13-17(6,7)10-11-18-16(3,4)5/h9,12,14,18H,8,10-11,13H2,1-7H3. The predicted molar refractivity (Wildman–Crippen MR) is 87.1 cm³/mol. The fourth-order valence-corrected chi connectivity index (χ4v) is 2.26. The predicted octanol–water partition coefficient (Wildman–Crippen LogP) is 4.20. The van der Waals surface area contributed by atoms with Crippen LogP contribution in [-0.4, -0.2) is 21.9 Å². The molecule has 1 heterocycles. The van der Waals surface area contributed by atoms with Crippen molar-refractivity contribution in [1.82, 2.24) is 15.1 Å². The second-order valence-corrected chi connectivity index (χ2v) is 7.81. The zero-order chi connectivity index (χ0) is 15.4. The molecule has 1 aromatic rings. The van der Waals surface area contributed by atoms with Gasteiger partial charge in [0.15, 0.2) is 0 Å². The van der Waals surface area contributed by atoms with Gasteiger partial charge in [-0.2, -0.15) is 5.10 Å². The van der Waals surface area contributed by atoms with Gasteiger partial charge < -0.3 is 5.32 Å². The van der Waals surface area contributed by atoms with Crippen LogP contribution in [0.15, 0.2) is 12.3 Å². The highest BCUT2D eigenvalue weighted by Gasteiger charge is 2.21. The molecule has 0 bridgehead atoms. The van der Waals surface area contributed by atoms with Crippen LogP contribution in [0.5, 0.6) is 0 Å². The molecule has 3 nitrogen and oxygen atoms in total. The second kappa shape index (κ2) is 6.75. The fourth-order valence-electron chi connectivity index (χ4n) is 2.26. The van der Waals surface area contributed by atoms with E-state index >= 15 is 0 Å². The molecular weight excluding hydrogens is 246 g/mol. The molecule has 1 rings (SSSR count). The molecule has 0 saturated heterocycles. The third-order valence-electron chi connectivity index (χ3n) is 3.82. The Morgan fingerprint density at radius 2 is 1.90 bits per heavy atom. The molecule has 1 aromatic heterocycles. The van der Waals surface area contributed by atoms with Gasteiger partial charge in [-0.3, -0.25) is 4.68 Å². The Labute approximate surface area is 125 Å². The second-order valence-electron chi connectivity index (χ2n) is 7.81. The summed E-state index contributed by atoms with van der Waals surface area (Å²) in [7, 11) is 0. The number of aromatic nitrogens is 2. The summed E-state index contributed by atoms with van der Waals surface area (Å²) in [5.41, 5.74) is 1.70. The number of hydrogen-bond donors (Lipinski definition) is 1. The van der Waals surface area contributed by atoms with E-state index in [0.717, 1.165) is 19.4 Å². The van der Waals surface area contributed by atoms with Gasteiger partial charge in [0, 0.05) is 17.8 Å². The molecule has 20 heavy (non-hydrogen) atoms. The van der Waals surface area contributed by atoms with Crippen molar-refractivity contribution in [3.05, 3.63) is 18.0 Å². The van der Waals surface area contributed by atoms with Crippen molar-refractivity contribution in [1.29, 1.82) is 0 Å². The number of nitrogens with zero attached hydrogens (tertiary/aromatic N) is 2. The Morgan fingerprint density at radius 3 is 2.45 bits per heavy atom. The highest BCUT2D eigenvalue weighted by atomic mass is 15.3. The molecule has 0 aliphatic rings. The van der Waals surface area contributed by atoms with Gasteiger partial charge in [0.2, 0.25) is 0 Å². The van der Waals surface area contributed by atoms with E-state index in [1.165, 1.54) is 12.1 Å². The molecule has 0 aliphatic carbocycles. The van der Waals surface area contributed by atoms with Gasteiger partial charge in [0.1, 0.15) is 0 Å². The van der Waals surface area contributed by atoms with E-state index in [2.05, 4.69) is 70.7 Å². The maximum absolute atomic E-state index is 4.72. The molecule has 0 fully saturated rings. The normalized spacial score (nSPS) is 14.6. The van der Waals surface area contributed by atoms with E-state index in [0.29, 0.717) is 6.04 Å². The topological polar surface area (TPSA) is 29.9 Å². The zero-order valence-electron chi connectivity index (χ0n) is 14.5. The third-order valence-corrected chi connectivity index (χ3v) is 3.82. The summed E-state index contributed by atoms with van der Waals surface area (Å²) < 4.78 is 2.10. The fraction of sp³-hybridized carbons (Fsp3) is 0.824. The first-order valence-electron chi connectivity index (χ1n) is 7.92. The highest BCUT2D eigenvalue weighted by molar-refractivity contribution is 5.02. The summed E-state index contributed by atoms with van der Waals surface area (Å²) in [5.74, 6) is 0. The molecule has 0 aromatic carbocycles. The first-order chi connectivity index (χ1) is 9.13. The van der Waals surface area contributed by atoms with Crippen molar-refractivity contribution in [2.45, 2.75) is 79.3 Å². The molecule has 116 valence electrons. The lowest BCUT2D eigenvalue weighted by atomic mass is 9.84. The molecule has 1 N–H and O–H groups in total. The summed E-state index contributed by atoms with van der Waals surface area (Å²) in [5, 5.41) is 8.29. The molecule has 1 unspecified atom stereocenters. The SMILES string of the molecule is CCC(C)n1ccc(CC(C)(C)CCNC(C)(C)C)n1. The van der Waals surface area contributed by atoms with E-state index in [1.54, 1.807) is 0 Å². The molecule has 0 radical (unpaired) electrons. The number of rotatable bonds is 7. The molecule has 0 spiro atoms. The van der Waals surface area contributed by atoms with E-state index in [4.69, 9.17) is 5.10 Å². The third kappa shape index (κ3) is 6.08. The van der Waals surface area contributed by atoms with Gasteiger partial charge >= 0.3 is 0 Å². The number of hydrogen-bond acceptors (Lipinski definition) is 2. The van der Waals surface area contributed by atoms with Crippen LogP contribution in [0, 0.1) is 5.41 Å². The van der Waals surface area contributed by atoms with Crippen LogP contribution in [0.2, 0.25) is 0 Å². The molecular formula is C17H33N3. The summed E-state index contributed by atoms with van der Waals surface area (Å²) in [4.78, 5) is 0. The summed E-state index contributed by atoms with van der Waals surface area (Å²) in [6.07, 6.45) is 5.45. The van der Waals surface area contributed by atoms with Gasteiger partial charge in [-0.25, -0.2) is 0 Å². The number of nitrogens with one attached hydrogen (secondary N) is 1. The molecule has 0 saturated carbocycles. The van der Waals surface area contributed by atoms with Crippen molar-refractivity contribution in [3.8, 4) is 0 Å². The smallest absolute Gasteiger partial charge is 0.0630 e. The zero-order valence-corrected chi connectivity index (χ0v) is 14.5. The van der Waals surface area contributed by atoms with Gasteiger partial charge in [0.25, 0.3) is 0 Å². The van der Waals surface area contributed by atoms with E-state index in [9.17, 15) is 0 Å². The Morgan fingerprint density at radius 1 is 1.25 bits per heavy atom. The summed E-state index contributed by atoms with van der Waals surface area (Å²) in [6.45, 7) is 16.8. The highest BCUT2D eigenvalue weighted by Crippen LogP contribution is 2.25. The Bertz CT molecular complexity index is 399. The van der Waals surface area contributed by atoms with Crippen molar-refractivity contribution in [2.24, 2.45) is 5.41 Å². The van der Waals surface area contributed by atoms with Crippen molar-refractivity contribution in [2.75, 3.05) is 6.54 Å². The lowest BCUT2D eigenvalue weighted by Crippen LogP contribution is -2.38. The maximum atomic E-state index is 4.72. The van der Waals surface area contributed by atoms with Gasteiger partial charge in [-0.1, -0.05) is 20.8 Å². The molecule has 0 aliphatic heterocycles. The molecule has 3 heteroatoms. The van der Waals surface area contributed by atoms with Gasteiger partial charge in [-0.15, -0.1) is 0 Å². The molecule has 0 amide bonds. The largest absolute Gasteiger partial charge is 0.312 e. The lowest BCUT2D eigenvalue weighted by Gasteiger charge is -2.27. The van der Waals surface area contributed by atoms with Crippen LogP contribution >= 0.6 is 0 Å². The molecule has 1 atom stereocenters. The van der Waals surface area contributed by atoms with Crippen LogP contribution in [0.3, 0.4) is 0 Å². The Balaban J connectivity index is 2.51. The lowest BCUT2D eigenvalue weighted by molar-refractivity contribution is 0.298. The Hall–Kier alpha value is -0.830.